The molecule has 5 nitrogen and oxygen atoms in total. The third-order valence-corrected chi connectivity index (χ3v) is 4.08. The molecule has 0 unspecified atom stereocenters. The predicted octanol–water partition coefficient (Wildman–Crippen LogP) is 3.13. The van der Waals surface area contributed by atoms with Crippen molar-refractivity contribution in [3.8, 4) is 11.1 Å². The molecular weight excluding hydrogens is 343 g/mol. The highest BCUT2D eigenvalue weighted by atomic mass is 35.5. The van der Waals surface area contributed by atoms with Gasteiger partial charge in [0.25, 0.3) is 0 Å². The van der Waals surface area contributed by atoms with Gasteiger partial charge in [-0.1, -0.05) is 17.7 Å². The number of nitrogens with one attached hydrogen (secondary N) is 1. The number of nitrogens with zero attached hydrogens (tertiary/aromatic N) is 3. The average molecular weight is 359 g/mol. The molecule has 25 heavy (non-hydrogen) atoms. The fourth-order valence-corrected chi connectivity index (χ4v) is 2.67. The molecule has 0 spiro atoms. The van der Waals surface area contributed by atoms with Gasteiger partial charge in [-0.3, -0.25) is 14.5 Å². The molecule has 0 saturated carbocycles. The normalized spacial score (nSPS) is 10.7. The van der Waals surface area contributed by atoms with Crippen molar-refractivity contribution in [1.29, 1.82) is 0 Å². The van der Waals surface area contributed by atoms with Crippen LogP contribution in [0.5, 0.6) is 0 Å². The summed E-state index contributed by atoms with van der Waals surface area (Å²) in [5, 5.41) is 7.14. The molecule has 0 atom stereocenters. The lowest BCUT2D eigenvalue weighted by Gasteiger charge is -2.08. The third-order valence-electron chi connectivity index (χ3n) is 3.72. The number of hydrogen-bond acceptors (Lipinski definition) is 3. The minimum absolute atomic E-state index is 0.110. The lowest BCUT2D eigenvalue weighted by molar-refractivity contribution is -0.120. The first kappa shape index (κ1) is 17.1. The smallest absolute Gasteiger partial charge is 0.224 e. The van der Waals surface area contributed by atoms with E-state index in [1.165, 1.54) is 12.1 Å². The van der Waals surface area contributed by atoms with Gasteiger partial charge in [0.2, 0.25) is 5.91 Å². The monoisotopic (exact) mass is 358 g/mol. The van der Waals surface area contributed by atoms with Crippen LogP contribution in [0.2, 0.25) is 5.02 Å². The Hall–Kier alpha value is -2.73. The molecule has 1 N–H and O–H groups in total. The second kappa shape index (κ2) is 7.44. The Balaban J connectivity index is 1.64. The van der Waals surface area contributed by atoms with Crippen LogP contribution in [0.1, 0.15) is 11.1 Å². The first-order valence-electron chi connectivity index (χ1n) is 7.65. The van der Waals surface area contributed by atoms with E-state index in [2.05, 4.69) is 15.4 Å². The molecule has 3 rings (SSSR count). The molecule has 0 saturated heterocycles. The lowest BCUT2D eigenvalue weighted by atomic mass is 10.1. The Labute approximate surface area is 149 Å². The van der Waals surface area contributed by atoms with Crippen molar-refractivity contribution in [1.82, 2.24) is 20.1 Å². The molecule has 2 heterocycles. The Bertz CT molecular complexity index is 889. The van der Waals surface area contributed by atoms with Gasteiger partial charge < -0.3 is 5.32 Å². The summed E-state index contributed by atoms with van der Waals surface area (Å²) >= 11 is 5.94. The van der Waals surface area contributed by atoms with Gasteiger partial charge >= 0.3 is 0 Å². The largest absolute Gasteiger partial charge is 0.352 e. The van der Waals surface area contributed by atoms with Gasteiger partial charge in [0.15, 0.2) is 0 Å². The van der Waals surface area contributed by atoms with Crippen molar-refractivity contribution < 1.29 is 9.18 Å². The second-order valence-corrected chi connectivity index (χ2v) is 6.05. The number of aryl methyl sites for hydroxylation is 1. The quantitative estimate of drug-likeness (QED) is 0.762. The van der Waals surface area contributed by atoms with Gasteiger partial charge in [0.1, 0.15) is 5.82 Å². The Morgan fingerprint density at radius 2 is 2.12 bits per heavy atom. The van der Waals surface area contributed by atoms with E-state index in [-0.39, 0.29) is 22.9 Å². The van der Waals surface area contributed by atoms with E-state index in [1.807, 2.05) is 19.3 Å². The van der Waals surface area contributed by atoms with Gasteiger partial charge in [-0.15, -0.1) is 0 Å². The number of halogens is 2. The Morgan fingerprint density at radius 3 is 2.84 bits per heavy atom. The van der Waals surface area contributed by atoms with Crippen LogP contribution in [0, 0.1) is 5.82 Å². The topological polar surface area (TPSA) is 59.8 Å². The van der Waals surface area contributed by atoms with Crippen LogP contribution < -0.4 is 5.32 Å². The minimum Gasteiger partial charge on any atom is -0.352 e. The fourth-order valence-electron chi connectivity index (χ4n) is 2.44. The summed E-state index contributed by atoms with van der Waals surface area (Å²) in [5.41, 5.74) is 2.90. The van der Waals surface area contributed by atoms with E-state index in [0.29, 0.717) is 6.54 Å². The third kappa shape index (κ3) is 4.22. The van der Waals surface area contributed by atoms with Crippen LogP contribution >= 0.6 is 11.6 Å². The number of pyridine rings is 1. The number of rotatable bonds is 5. The Kier molecular flexibility index (Phi) is 5.09. The fraction of sp³-hybridized carbons (Fsp3) is 0.167. The zero-order valence-corrected chi connectivity index (χ0v) is 14.3. The average Bonchev–Trinajstić information content (AvgIpc) is 3.03. The van der Waals surface area contributed by atoms with Crippen molar-refractivity contribution >= 4 is 17.5 Å². The van der Waals surface area contributed by atoms with Crippen molar-refractivity contribution in [2.75, 3.05) is 0 Å². The molecule has 0 aliphatic carbocycles. The van der Waals surface area contributed by atoms with E-state index in [0.717, 1.165) is 16.7 Å². The van der Waals surface area contributed by atoms with E-state index in [9.17, 15) is 9.18 Å². The highest BCUT2D eigenvalue weighted by Crippen LogP contribution is 2.20. The van der Waals surface area contributed by atoms with Gasteiger partial charge in [-0.25, -0.2) is 4.39 Å². The molecule has 3 aromatic rings. The van der Waals surface area contributed by atoms with Gasteiger partial charge in [-0.05, 0) is 23.8 Å². The van der Waals surface area contributed by atoms with Gasteiger partial charge in [0.05, 0.1) is 12.6 Å². The van der Waals surface area contributed by atoms with Crippen LogP contribution in [0.25, 0.3) is 11.1 Å². The minimum atomic E-state index is -0.483. The SMILES string of the molecule is Cn1cc(-c2cncc(CNC(=O)Cc3c(F)cccc3Cl)c2)cn1. The maximum Gasteiger partial charge on any atom is 0.224 e. The number of aromatic nitrogens is 3. The summed E-state index contributed by atoms with van der Waals surface area (Å²) in [6.45, 7) is 0.298. The van der Waals surface area contributed by atoms with Crippen LogP contribution in [-0.4, -0.2) is 20.7 Å². The molecule has 1 aromatic carbocycles. The second-order valence-electron chi connectivity index (χ2n) is 5.64. The molecular formula is C18H16ClFN4O. The Morgan fingerprint density at radius 1 is 1.28 bits per heavy atom. The number of carbonyl (C=O) groups is 1. The van der Waals surface area contributed by atoms with Crippen molar-refractivity contribution in [2.45, 2.75) is 13.0 Å². The molecule has 0 aliphatic rings. The molecule has 128 valence electrons. The van der Waals surface area contributed by atoms with E-state index in [1.54, 1.807) is 29.3 Å². The maximum absolute atomic E-state index is 13.7. The number of hydrogen-bond donors (Lipinski definition) is 1. The summed E-state index contributed by atoms with van der Waals surface area (Å²) in [7, 11) is 1.84. The summed E-state index contributed by atoms with van der Waals surface area (Å²) in [6.07, 6.45) is 6.94. The molecule has 0 fully saturated rings. The van der Waals surface area contributed by atoms with Crippen molar-refractivity contribution in [3.05, 3.63) is 71.0 Å². The van der Waals surface area contributed by atoms with Crippen LogP contribution in [-0.2, 0) is 24.8 Å². The highest BCUT2D eigenvalue weighted by Gasteiger charge is 2.12. The zero-order chi connectivity index (χ0) is 17.8. The van der Waals surface area contributed by atoms with E-state index >= 15 is 0 Å². The van der Waals surface area contributed by atoms with Gasteiger partial charge in [0, 0.05) is 53.9 Å². The maximum atomic E-state index is 13.7. The van der Waals surface area contributed by atoms with Crippen LogP contribution in [0.15, 0.2) is 49.1 Å². The summed E-state index contributed by atoms with van der Waals surface area (Å²) < 4.78 is 15.4. The zero-order valence-electron chi connectivity index (χ0n) is 13.5. The van der Waals surface area contributed by atoms with Crippen molar-refractivity contribution in [3.63, 3.8) is 0 Å². The number of carbonyl (C=O) groups excluding carboxylic acids is 1. The summed E-state index contributed by atoms with van der Waals surface area (Å²) in [4.78, 5) is 16.3. The van der Waals surface area contributed by atoms with Crippen molar-refractivity contribution in [2.24, 2.45) is 7.05 Å². The number of benzene rings is 1. The number of amides is 1. The molecule has 0 radical (unpaired) electrons. The highest BCUT2D eigenvalue weighted by molar-refractivity contribution is 6.31. The summed E-state index contributed by atoms with van der Waals surface area (Å²) in [6, 6.07) is 6.29. The molecule has 0 bridgehead atoms. The molecule has 1 amide bonds. The van der Waals surface area contributed by atoms with E-state index in [4.69, 9.17) is 11.6 Å². The predicted molar refractivity (Wildman–Crippen MR) is 93.4 cm³/mol. The van der Waals surface area contributed by atoms with Gasteiger partial charge in [-0.2, -0.15) is 5.10 Å². The van der Waals surface area contributed by atoms with Crippen LogP contribution in [0.3, 0.4) is 0 Å². The molecule has 0 aliphatic heterocycles. The first-order chi connectivity index (χ1) is 12.0. The molecule has 2 aromatic heterocycles. The van der Waals surface area contributed by atoms with Crippen LogP contribution in [0.4, 0.5) is 4.39 Å². The molecule has 7 heteroatoms. The lowest BCUT2D eigenvalue weighted by Crippen LogP contribution is -2.25. The first-order valence-corrected chi connectivity index (χ1v) is 8.03. The summed E-state index contributed by atoms with van der Waals surface area (Å²) in [5.74, 6) is -0.790. The van der Waals surface area contributed by atoms with E-state index < -0.39 is 5.82 Å². The standard InChI is InChI=1S/C18H16ClFN4O/c1-24-11-14(10-23-24)13-5-12(7-21-9-13)8-22-18(25)6-15-16(19)3-2-4-17(15)20/h2-5,7,9-11H,6,8H2,1H3,(H,22,25).